The molecule has 2 rings (SSSR count). The molecule has 2 aromatic rings. The quantitative estimate of drug-likeness (QED) is 0.474. The number of rotatable bonds is 4. The molecule has 0 atom stereocenters. The van der Waals surface area contributed by atoms with Crippen LogP contribution in [-0.2, 0) is 6.42 Å². The van der Waals surface area contributed by atoms with Gasteiger partial charge in [0.25, 0.3) is 0 Å². The first kappa shape index (κ1) is 12.0. The summed E-state index contributed by atoms with van der Waals surface area (Å²) in [7, 11) is 0. The number of benzene rings is 1. The van der Waals surface area contributed by atoms with Crippen molar-refractivity contribution in [3.63, 3.8) is 0 Å². The average molecular weight is 249 g/mol. The molecule has 0 fully saturated rings. The van der Waals surface area contributed by atoms with Gasteiger partial charge < -0.3 is 4.42 Å². The Morgan fingerprint density at radius 2 is 1.89 bits per heavy atom. The zero-order valence-corrected chi connectivity index (χ0v) is 9.13. The van der Waals surface area contributed by atoms with Crippen LogP contribution >= 0.6 is 0 Å². The van der Waals surface area contributed by atoms with E-state index in [-0.39, 0.29) is 18.0 Å². The van der Waals surface area contributed by atoms with Gasteiger partial charge in [0.1, 0.15) is 10.7 Å². The smallest absolute Gasteiger partial charge is 0.397 e. The van der Waals surface area contributed by atoms with Crippen LogP contribution in [0.2, 0.25) is 0 Å². The summed E-state index contributed by atoms with van der Waals surface area (Å²) in [6, 6.07) is 7.82. The van der Waals surface area contributed by atoms with Crippen molar-refractivity contribution in [1.29, 1.82) is 0 Å². The topological polar surface area (TPSA) is 73.3 Å². The summed E-state index contributed by atoms with van der Waals surface area (Å²) >= 11 is 0. The minimum Gasteiger partial charge on any atom is -0.397 e. The third-order valence-electron chi connectivity index (χ3n) is 2.32. The molecule has 0 aliphatic heterocycles. The van der Waals surface area contributed by atoms with Crippen molar-refractivity contribution in [2.24, 2.45) is 0 Å². The molecule has 6 heteroatoms. The number of hydrogen-bond acceptors (Lipinski definition) is 4. The molecule has 92 valence electrons. The van der Waals surface area contributed by atoms with E-state index >= 15 is 0 Å². The van der Waals surface area contributed by atoms with Gasteiger partial charge in [-0.2, -0.15) is 0 Å². The molecule has 1 aromatic carbocycles. The van der Waals surface area contributed by atoms with Crippen LogP contribution in [0.25, 0.3) is 0 Å². The monoisotopic (exact) mass is 249 g/mol. The molecule has 0 amide bonds. The summed E-state index contributed by atoms with van der Waals surface area (Å²) in [5.74, 6) is -1.34. The fourth-order valence-corrected chi connectivity index (χ4v) is 1.45. The van der Waals surface area contributed by atoms with Crippen molar-refractivity contribution in [3.05, 3.63) is 63.7 Å². The van der Waals surface area contributed by atoms with Gasteiger partial charge in [-0.15, -0.1) is 0 Å². The Bertz CT molecular complexity index is 588. The maximum absolute atomic E-state index is 12.7. The van der Waals surface area contributed by atoms with Crippen molar-refractivity contribution in [2.45, 2.75) is 6.42 Å². The predicted octanol–water partition coefficient (Wildman–Crippen LogP) is 2.75. The Morgan fingerprint density at radius 1 is 1.22 bits per heavy atom. The van der Waals surface area contributed by atoms with E-state index in [2.05, 4.69) is 0 Å². The number of nitrogens with zero attached hydrogens (tertiary/aromatic N) is 1. The number of ketones is 1. The molecular weight excluding hydrogens is 241 g/mol. The molecular formula is C12H8FNO4. The lowest BCUT2D eigenvalue weighted by Crippen LogP contribution is -2.02. The molecule has 0 unspecified atom stereocenters. The number of carbonyl (C=O) groups is 1. The molecule has 0 aliphatic rings. The first-order valence-corrected chi connectivity index (χ1v) is 5.08. The van der Waals surface area contributed by atoms with Crippen molar-refractivity contribution < 1.29 is 18.5 Å². The Balaban J connectivity index is 2.11. The van der Waals surface area contributed by atoms with E-state index in [9.17, 15) is 19.3 Å². The van der Waals surface area contributed by atoms with E-state index in [0.29, 0.717) is 5.56 Å². The summed E-state index contributed by atoms with van der Waals surface area (Å²) in [6.45, 7) is 0. The van der Waals surface area contributed by atoms with E-state index in [1.807, 2.05) is 0 Å². The Hall–Kier alpha value is -2.50. The summed E-state index contributed by atoms with van der Waals surface area (Å²) in [5.41, 5.74) is 0.612. The largest absolute Gasteiger partial charge is 0.433 e. The van der Waals surface area contributed by atoms with Crippen LogP contribution in [0.4, 0.5) is 10.3 Å². The van der Waals surface area contributed by atoms with Crippen molar-refractivity contribution in [3.8, 4) is 0 Å². The minimum absolute atomic E-state index is 0.00491. The van der Waals surface area contributed by atoms with E-state index in [0.717, 1.165) is 6.07 Å². The summed E-state index contributed by atoms with van der Waals surface area (Å²) in [6.07, 6.45) is 0.00491. The van der Waals surface area contributed by atoms with Crippen LogP contribution in [0.15, 0.2) is 40.8 Å². The maximum atomic E-state index is 12.7. The van der Waals surface area contributed by atoms with Crippen LogP contribution in [0.3, 0.4) is 0 Å². The molecule has 0 bridgehead atoms. The molecule has 1 heterocycles. The minimum atomic E-state index is -0.714. The van der Waals surface area contributed by atoms with Crippen LogP contribution in [0, 0.1) is 15.9 Å². The zero-order chi connectivity index (χ0) is 13.1. The third kappa shape index (κ3) is 2.60. The lowest BCUT2D eigenvalue weighted by Gasteiger charge is -1.98. The molecule has 18 heavy (non-hydrogen) atoms. The first-order valence-electron chi connectivity index (χ1n) is 5.08. The molecule has 5 nitrogen and oxygen atoms in total. The SMILES string of the molecule is O=C(Cc1ccc(F)cc1)c1ccc([N+](=O)[O-])o1. The van der Waals surface area contributed by atoms with Crippen LogP contribution in [0.1, 0.15) is 16.1 Å². The molecule has 0 N–H and O–H groups in total. The second kappa shape index (κ2) is 4.79. The van der Waals surface area contributed by atoms with Gasteiger partial charge in [0.2, 0.25) is 5.78 Å². The van der Waals surface area contributed by atoms with Gasteiger partial charge in [0.05, 0.1) is 6.07 Å². The predicted molar refractivity (Wildman–Crippen MR) is 59.8 cm³/mol. The number of nitro groups is 1. The van der Waals surface area contributed by atoms with E-state index < -0.39 is 16.6 Å². The van der Waals surface area contributed by atoms with E-state index in [1.54, 1.807) is 0 Å². The van der Waals surface area contributed by atoms with Crippen molar-refractivity contribution >= 4 is 11.7 Å². The van der Waals surface area contributed by atoms with Crippen molar-refractivity contribution in [1.82, 2.24) is 0 Å². The van der Waals surface area contributed by atoms with E-state index in [4.69, 9.17) is 4.42 Å². The van der Waals surface area contributed by atoms with Gasteiger partial charge in [-0.25, -0.2) is 4.39 Å². The van der Waals surface area contributed by atoms with Gasteiger partial charge >= 0.3 is 5.88 Å². The zero-order valence-electron chi connectivity index (χ0n) is 9.13. The van der Waals surface area contributed by atoms with Crippen molar-refractivity contribution in [2.75, 3.05) is 0 Å². The number of Topliss-reactive ketones (excluding diaryl/α,β-unsaturated/α-hetero) is 1. The molecule has 1 aromatic heterocycles. The Labute approximate surface area is 101 Å². The number of halogens is 1. The Morgan fingerprint density at radius 3 is 2.44 bits per heavy atom. The highest BCUT2D eigenvalue weighted by atomic mass is 19.1. The van der Waals surface area contributed by atoms with Crippen LogP contribution in [-0.4, -0.2) is 10.7 Å². The highest BCUT2D eigenvalue weighted by molar-refractivity contribution is 5.95. The summed E-state index contributed by atoms with van der Waals surface area (Å²) in [5, 5.41) is 10.4. The fraction of sp³-hybridized carbons (Fsp3) is 0.0833. The first-order chi connectivity index (χ1) is 8.56. The average Bonchev–Trinajstić information content (AvgIpc) is 2.81. The van der Waals surface area contributed by atoms with Gasteiger partial charge in [-0.05, 0) is 23.8 Å². The summed E-state index contributed by atoms with van der Waals surface area (Å²) < 4.78 is 17.4. The highest BCUT2D eigenvalue weighted by Gasteiger charge is 2.17. The molecule has 0 radical (unpaired) electrons. The summed E-state index contributed by atoms with van der Waals surface area (Å²) in [4.78, 5) is 21.4. The second-order valence-electron chi connectivity index (χ2n) is 3.62. The Kier molecular flexibility index (Phi) is 3.18. The van der Waals surface area contributed by atoms with E-state index in [1.165, 1.54) is 30.3 Å². The number of furan rings is 1. The number of carbonyl (C=O) groups excluding carboxylic acids is 1. The number of hydrogen-bond donors (Lipinski definition) is 0. The molecule has 0 saturated carbocycles. The van der Waals surface area contributed by atoms with Gasteiger partial charge in [0, 0.05) is 6.42 Å². The van der Waals surface area contributed by atoms with Crippen LogP contribution in [0.5, 0.6) is 0 Å². The van der Waals surface area contributed by atoms with Crippen LogP contribution < -0.4 is 0 Å². The molecule has 0 aliphatic carbocycles. The lowest BCUT2D eigenvalue weighted by atomic mass is 10.1. The second-order valence-corrected chi connectivity index (χ2v) is 3.62. The maximum Gasteiger partial charge on any atom is 0.433 e. The van der Waals surface area contributed by atoms with Gasteiger partial charge in [0.15, 0.2) is 5.76 Å². The lowest BCUT2D eigenvalue weighted by molar-refractivity contribution is -0.402. The molecule has 0 spiro atoms. The molecule has 0 saturated heterocycles. The standard InChI is InChI=1S/C12H8FNO4/c13-9-3-1-8(2-4-9)7-10(15)11-5-6-12(18-11)14(16)17/h1-6H,7H2. The normalized spacial score (nSPS) is 10.3. The third-order valence-corrected chi connectivity index (χ3v) is 2.32. The van der Waals surface area contributed by atoms with Gasteiger partial charge in [-0.1, -0.05) is 12.1 Å². The highest BCUT2D eigenvalue weighted by Crippen LogP contribution is 2.17. The van der Waals surface area contributed by atoms with Gasteiger partial charge in [-0.3, -0.25) is 14.9 Å². The fourth-order valence-electron chi connectivity index (χ4n) is 1.45.